The number of carboxylic acids is 1. The van der Waals surface area contributed by atoms with E-state index in [9.17, 15) is 4.79 Å². The molecule has 1 aromatic heterocycles. The minimum Gasteiger partial charge on any atom is -0.479 e. The Morgan fingerprint density at radius 1 is 1.47 bits per heavy atom. The summed E-state index contributed by atoms with van der Waals surface area (Å²) in [4.78, 5) is 11.2. The van der Waals surface area contributed by atoms with Crippen LogP contribution in [0.4, 0.5) is 0 Å². The fourth-order valence-corrected chi connectivity index (χ4v) is 2.72. The molecular formula is C12H11ClO3S. The minimum absolute atomic E-state index is 0.225. The Balaban J connectivity index is 2.38. The molecule has 1 N–H and O–H groups in total. The van der Waals surface area contributed by atoms with Crippen molar-refractivity contribution in [2.45, 2.75) is 6.10 Å². The predicted octanol–water partition coefficient (Wildman–Crippen LogP) is 3.28. The van der Waals surface area contributed by atoms with Gasteiger partial charge < -0.3 is 9.84 Å². The minimum atomic E-state index is -0.987. The summed E-state index contributed by atoms with van der Waals surface area (Å²) in [7, 11) is 0. The molecule has 1 atom stereocenters. The first-order chi connectivity index (χ1) is 8.24. The van der Waals surface area contributed by atoms with Gasteiger partial charge in [-0.05, 0) is 16.8 Å². The molecule has 0 bridgehead atoms. The second kappa shape index (κ2) is 5.49. The van der Waals surface area contributed by atoms with Crippen LogP contribution in [0.15, 0.2) is 29.6 Å². The maximum atomic E-state index is 11.2. The van der Waals surface area contributed by atoms with Crippen molar-refractivity contribution in [1.29, 1.82) is 0 Å². The number of hydrogen-bond donors (Lipinski definition) is 1. The van der Waals surface area contributed by atoms with Crippen molar-refractivity contribution in [2.75, 3.05) is 12.5 Å². The Bertz CT molecular complexity index is 523. The lowest BCUT2D eigenvalue weighted by Gasteiger charge is -2.12. The van der Waals surface area contributed by atoms with Crippen LogP contribution in [0, 0.1) is 0 Å². The highest BCUT2D eigenvalue weighted by molar-refractivity contribution is 7.17. The van der Waals surface area contributed by atoms with E-state index in [2.05, 4.69) is 0 Å². The van der Waals surface area contributed by atoms with Gasteiger partial charge in [0.1, 0.15) is 0 Å². The van der Waals surface area contributed by atoms with Crippen LogP contribution in [0.5, 0.6) is 0 Å². The highest BCUT2D eigenvalue weighted by Gasteiger charge is 2.23. The van der Waals surface area contributed by atoms with Crippen LogP contribution in [0.2, 0.25) is 0 Å². The van der Waals surface area contributed by atoms with E-state index in [0.717, 1.165) is 10.1 Å². The van der Waals surface area contributed by atoms with Gasteiger partial charge in [-0.15, -0.1) is 22.9 Å². The van der Waals surface area contributed by atoms with Gasteiger partial charge in [0.25, 0.3) is 0 Å². The molecule has 17 heavy (non-hydrogen) atoms. The zero-order valence-electron chi connectivity index (χ0n) is 8.93. The molecule has 2 aromatic rings. The number of ether oxygens (including phenoxy) is 1. The van der Waals surface area contributed by atoms with Crippen molar-refractivity contribution in [2.24, 2.45) is 0 Å². The smallest absolute Gasteiger partial charge is 0.337 e. The average molecular weight is 271 g/mol. The molecule has 0 aliphatic carbocycles. The van der Waals surface area contributed by atoms with Crippen molar-refractivity contribution in [1.82, 2.24) is 0 Å². The summed E-state index contributed by atoms with van der Waals surface area (Å²) in [6, 6.07) is 7.68. The SMILES string of the molecule is O=C(O)C(OCCCl)c1csc2ccccc12. The molecule has 0 radical (unpaired) electrons. The second-order valence-electron chi connectivity index (χ2n) is 3.47. The van der Waals surface area contributed by atoms with Gasteiger partial charge in [-0.3, -0.25) is 0 Å². The van der Waals surface area contributed by atoms with Gasteiger partial charge in [-0.25, -0.2) is 4.79 Å². The molecule has 2 rings (SSSR count). The van der Waals surface area contributed by atoms with Crippen molar-refractivity contribution in [3.05, 3.63) is 35.2 Å². The Morgan fingerprint density at radius 3 is 2.94 bits per heavy atom. The van der Waals surface area contributed by atoms with E-state index in [1.807, 2.05) is 29.6 Å². The monoisotopic (exact) mass is 270 g/mol. The molecule has 0 saturated heterocycles. The second-order valence-corrected chi connectivity index (χ2v) is 4.75. The molecule has 5 heteroatoms. The average Bonchev–Trinajstić information content (AvgIpc) is 2.73. The molecule has 0 amide bonds. The van der Waals surface area contributed by atoms with Crippen LogP contribution in [-0.2, 0) is 9.53 Å². The van der Waals surface area contributed by atoms with E-state index in [4.69, 9.17) is 21.4 Å². The largest absolute Gasteiger partial charge is 0.479 e. The summed E-state index contributed by atoms with van der Waals surface area (Å²) in [5.74, 6) is -0.704. The summed E-state index contributed by atoms with van der Waals surface area (Å²) in [6.07, 6.45) is -0.940. The first-order valence-electron chi connectivity index (χ1n) is 5.10. The number of halogens is 1. The summed E-state index contributed by atoms with van der Waals surface area (Å²) in [6.45, 7) is 0.225. The molecule has 1 unspecified atom stereocenters. The number of carbonyl (C=O) groups is 1. The van der Waals surface area contributed by atoms with Gasteiger partial charge >= 0.3 is 5.97 Å². The number of hydrogen-bond acceptors (Lipinski definition) is 3. The standard InChI is InChI=1S/C12H11ClO3S/c13-5-6-16-11(12(14)15)9-7-17-10-4-2-1-3-8(9)10/h1-4,7,11H,5-6H2,(H,14,15). The third-order valence-corrected chi connectivity index (χ3v) is 3.52. The van der Waals surface area contributed by atoms with Crippen LogP contribution >= 0.6 is 22.9 Å². The summed E-state index contributed by atoms with van der Waals surface area (Å²) in [5.41, 5.74) is 0.697. The van der Waals surface area contributed by atoms with E-state index in [-0.39, 0.29) is 12.5 Å². The molecule has 0 aliphatic rings. The molecule has 0 aliphatic heterocycles. The third kappa shape index (κ3) is 2.60. The van der Waals surface area contributed by atoms with Crippen molar-refractivity contribution in [3.8, 4) is 0 Å². The molecule has 3 nitrogen and oxygen atoms in total. The molecule has 1 aromatic carbocycles. The van der Waals surface area contributed by atoms with Crippen LogP contribution in [0.3, 0.4) is 0 Å². The van der Waals surface area contributed by atoms with Crippen LogP contribution in [0.1, 0.15) is 11.7 Å². The topological polar surface area (TPSA) is 46.5 Å². The number of benzene rings is 1. The fraction of sp³-hybridized carbons (Fsp3) is 0.250. The first kappa shape index (κ1) is 12.4. The quantitative estimate of drug-likeness (QED) is 0.848. The number of carboxylic acid groups (broad SMARTS) is 1. The Kier molecular flexibility index (Phi) is 3.99. The summed E-state index contributed by atoms with van der Waals surface area (Å²) in [5, 5.41) is 11.9. The van der Waals surface area contributed by atoms with Crippen LogP contribution in [-0.4, -0.2) is 23.6 Å². The Morgan fingerprint density at radius 2 is 2.24 bits per heavy atom. The molecule has 0 spiro atoms. The number of thiophene rings is 1. The maximum absolute atomic E-state index is 11.2. The van der Waals surface area contributed by atoms with Gasteiger partial charge in [0.2, 0.25) is 0 Å². The van der Waals surface area contributed by atoms with E-state index in [0.29, 0.717) is 5.56 Å². The highest BCUT2D eigenvalue weighted by atomic mass is 35.5. The summed E-state index contributed by atoms with van der Waals surface area (Å²) >= 11 is 7.03. The normalized spacial score (nSPS) is 12.8. The molecule has 0 saturated carbocycles. The molecule has 0 fully saturated rings. The van der Waals surface area contributed by atoms with E-state index < -0.39 is 12.1 Å². The van der Waals surface area contributed by atoms with Crippen molar-refractivity contribution >= 4 is 39.0 Å². The number of aliphatic carboxylic acids is 1. The zero-order chi connectivity index (χ0) is 12.3. The first-order valence-corrected chi connectivity index (χ1v) is 6.52. The maximum Gasteiger partial charge on any atom is 0.337 e. The van der Waals surface area contributed by atoms with Gasteiger partial charge in [-0.2, -0.15) is 0 Å². The molecular weight excluding hydrogens is 260 g/mol. The molecule has 90 valence electrons. The van der Waals surface area contributed by atoms with Crippen LogP contribution in [0.25, 0.3) is 10.1 Å². The van der Waals surface area contributed by atoms with Gasteiger partial charge in [-0.1, -0.05) is 18.2 Å². The lowest BCUT2D eigenvalue weighted by atomic mass is 10.1. The van der Waals surface area contributed by atoms with Crippen LogP contribution < -0.4 is 0 Å². The Labute approximate surface area is 108 Å². The molecule has 1 heterocycles. The van der Waals surface area contributed by atoms with Crippen molar-refractivity contribution < 1.29 is 14.6 Å². The van der Waals surface area contributed by atoms with E-state index in [1.165, 1.54) is 11.3 Å². The van der Waals surface area contributed by atoms with E-state index >= 15 is 0 Å². The highest BCUT2D eigenvalue weighted by Crippen LogP contribution is 2.32. The number of rotatable bonds is 5. The van der Waals surface area contributed by atoms with E-state index in [1.54, 1.807) is 0 Å². The van der Waals surface area contributed by atoms with Crippen molar-refractivity contribution in [3.63, 3.8) is 0 Å². The summed E-state index contributed by atoms with van der Waals surface area (Å²) < 4.78 is 6.34. The zero-order valence-corrected chi connectivity index (χ0v) is 10.5. The number of alkyl halides is 1. The fourth-order valence-electron chi connectivity index (χ4n) is 1.66. The Hall–Kier alpha value is -1.10. The van der Waals surface area contributed by atoms with Gasteiger partial charge in [0, 0.05) is 16.1 Å². The predicted molar refractivity (Wildman–Crippen MR) is 68.9 cm³/mol. The number of fused-ring (bicyclic) bond motifs is 1. The van der Waals surface area contributed by atoms with Gasteiger partial charge in [0.15, 0.2) is 6.10 Å². The van der Waals surface area contributed by atoms with Gasteiger partial charge in [0.05, 0.1) is 6.61 Å². The lowest BCUT2D eigenvalue weighted by molar-refractivity contribution is -0.150. The third-order valence-electron chi connectivity index (χ3n) is 2.38. The lowest BCUT2D eigenvalue weighted by Crippen LogP contribution is -2.16.